The predicted octanol–water partition coefficient (Wildman–Crippen LogP) is 4.16. The second-order valence-corrected chi connectivity index (χ2v) is 8.89. The van der Waals surface area contributed by atoms with Crippen molar-refractivity contribution in [2.45, 2.75) is 6.42 Å². The van der Waals surface area contributed by atoms with Gasteiger partial charge in [-0.1, -0.05) is 23.2 Å². The van der Waals surface area contributed by atoms with Gasteiger partial charge in [-0.15, -0.1) is 0 Å². The van der Waals surface area contributed by atoms with E-state index in [-0.39, 0.29) is 17.4 Å². The number of nitrogens with one attached hydrogen (secondary N) is 1. The van der Waals surface area contributed by atoms with Gasteiger partial charge in [-0.2, -0.15) is 0 Å². The van der Waals surface area contributed by atoms with Crippen molar-refractivity contribution in [3.8, 4) is 11.5 Å². The van der Waals surface area contributed by atoms with Crippen LogP contribution >= 0.6 is 23.2 Å². The van der Waals surface area contributed by atoms with Crippen LogP contribution < -0.4 is 10.1 Å². The zero-order valence-electron chi connectivity index (χ0n) is 13.0. The van der Waals surface area contributed by atoms with Crippen LogP contribution in [0.15, 0.2) is 42.5 Å². The third kappa shape index (κ3) is 4.66. The van der Waals surface area contributed by atoms with E-state index in [0.29, 0.717) is 33.7 Å². The summed E-state index contributed by atoms with van der Waals surface area (Å²) in [7, 11) is -3.13. The highest BCUT2D eigenvalue weighted by Crippen LogP contribution is 2.33. The maximum absolute atomic E-state index is 12.4. The number of carbonyl (C=O) groups is 1. The number of sulfone groups is 1. The standard InChI is InChI=1S/C17H15Cl2NO4S/c18-12-1-4-14(5-2-12)24-16-6-3-13(19)9-15(16)20-17(21)11-7-8-25(22,23)10-11/h1-6,9,11H,7-8,10H2,(H,20,21)/t11-/m1/s1. The Morgan fingerprint density at radius 1 is 1.08 bits per heavy atom. The number of rotatable bonds is 4. The lowest BCUT2D eigenvalue weighted by Crippen LogP contribution is -2.23. The van der Waals surface area contributed by atoms with Crippen LogP contribution in [0.5, 0.6) is 11.5 Å². The van der Waals surface area contributed by atoms with Gasteiger partial charge in [-0.05, 0) is 48.9 Å². The first kappa shape index (κ1) is 18.0. The topological polar surface area (TPSA) is 72.5 Å². The number of ether oxygens (including phenoxy) is 1. The van der Waals surface area contributed by atoms with Crippen LogP contribution in [0.4, 0.5) is 5.69 Å². The molecule has 1 aliphatic heterocycles. The Morgan fingerprint density at radius 3 is 2.40 bits per heavy atom. The molecule has 8 heteroatoms. The Hall–Kier alpha value is -1.76. The molecule has 1 fully saturated rings. The zero-order valence-corrected chi connectivity index (χ0v) is 15.4. The third-order valence-electron chi connectivity index (χ3n) is 3.84. The van der Waals surface area contributed by atoms with Crippen molar-refractivity contribution >= 4 is 44.6 Å². The van der Waals surface area contributed by atoms with Crippen molar-refractivity contribution in [3.05, 3.63) is 52.5 Å². The minimum atomic E-state index is -3.13. The Kier molecular flexibility index (Phi) is 5.22. The van der Waals surface area contributed by atoms with E-state index in [1.807, 2.05) is 0 Å². The summed E-state index contributed by atoms with van der Waals surface area (Å²) in [5.74, 6) is -0.0649. The summed E-state index contributed by atoms with van der Waals surface area (Å²) in [6, 6.07) is 11.6. The molecule has 0 unspecified atom stereocenters. The Labute approximate surface area is 155 Å². The molecule has 0 bridgehead atoms. The number of carbonyl (C=O) groups excluding carboxylic acids is 1. The van der Waals surface area contributed by atoms with Gasteiger partial charge in [0.05, 0.1) is 23.1 Å². The molecule has 1 heterocycles. The molecule has 0 aliphatic carbocycles. The smallest absolute Gasteiger partial charge is 0.228 e. The average molecular weight is 400 g/mol. The van der Waals surface area contributed by atoms with E-state index in [0.717, 1.165) is 0 Å². The van der Waals surface area contributed by atoms with E-state index >= 15 is 0 Å². The molecule has 0 spiro atoms. The monoisotopic (exact) mass is 399 g/mol. The molecule has 0 saturated carbocycles. The number of hydrogen-bond acceptors (Lipinski definition) is 4. The van der Waals surface area contributed by atoms with Crippen molar-refractivity contribution in [1.29, 1.82) is 0 Å². The molecule has 0 aromatic heterocycles. The van der Waals surface area contributed by atoms with E-state index in [4.69, 9.17) is 27.9 Å². The van der Waals surface area contributed by atoms with Gasteiger partial charge < -0.3 is 10.1 Å². The molecule has 1 saturated heterocycles. The molecule has 1 atom stereocenters. The van der Waals surface area contributed by atoms with Gasteiger partial charge in [-0.25, -0.2) is 8.42 Å². The summed E-state index contributed by atoms with van der Waals surface area (Å²) in [5.41, 5.74) is 0.386. The summed E-state index contributed by atoms with van der Waals surface area (Å²) < 4.78 is 28.9. The average Bonchev–Trinajstić information content (AvgIpc) is 2.92. The highest BCUT2D eigenvalue weighted by atomic mass is 35.5. The van der Waals surface area contributed by atoms with Gasteiger partial charge in [-0.3, -0.25) is 4.79 Å². The van der Waals surface area contributed by atoms with E-state index in [1.165, 1.54) is 0 Å². The Bertz CT molecular complexity index is 897. The Morgan fingerprint density at radius 2 is 1.76 bits per heavy atom. The van der Waals surface area contributed by atoms with Gasteiger partial charge >= 0.3 is 0 Å². The van der Waals surface area contributed by atoms with Crippen LogP contribution in [0.1, 0.15) is 6.42 Å². The number of hydrogen-bond donors (Lipinski definition) is 1. The van der Waals surface area contributed by atoms with E-state index < -0.39 is 15.8 Å². The maximum Gasteiger partial charge on any atom is 0.228 e. The van der Waals surface area contributed by atoms with Crippen molar-refractivity contribution in [2.75, 3.05) is 16.8 Å². The predicted molar refractivity (Wildman–Crippen MR) is 98.4 cm³/mol. The summed E-state index contributed by atoms with van der Waals surface area (Å²) in [5, 5.41) is 3.74. The SMILES string of the molecule is O=C(Nc1cc(Cl)ccc1Oc1ccc(Cl)cc1)[C@@H]1CCS(=O)(=O)C1. The summed E-state index contributed by atoms with van der Waals surface area (Å²) in [6.45, 7) is 0. The van der Waals surface area contributed by atoms with Gasteiger partial charge in [0.1, 0.15) is 5.75 Å². The fraction of sp³-hybridized carbons (Fsp3) is 0.235. The van der Waals surface area contributed by atoms with Crippen LogP contribution in [0.3, 0.4) is 0 Å². The molecule has 2 aromatic rings. The van der Waals surface area contributed by atoms with Crippen molar-refractivity contribution in [3.63, 3.8) is 0 Å². The first-order valence-electron chi connectivity index (χ1n) is 7.57. The van der Waals surface area contributed by atoms with Gasteiger partial charge in [0, 0.05) is 10.0 Å². The number of amides is 1. The second kappa shape index (κ2) is 7.23. The van der Waals surface area contributed by atoms with E-state index in [2.05, 4.69) is 5.32 Å². The molecular weight excluding hydrogens is 385 g/mol. The van der Waals surface area contributed by atoms with Crippen molar-refractivity contribution in [1.82, 2.24) is 0 Å². The quantitative estimate of drug-likeness (QED) is 0.837. The normalized spacial score (nSPS) is 18.7. The molecular formula is C17H15Cl2NO4S. The Balaban J connectivity index is 1.79. The maximum atomic E-state index is 12.4. The summed E-state index contributed by atoms with van der Waals surface area (Å²) >= 11 is 11.9. The molecule has 1 amide bonds. The number of halogens is 2. The van der Waals surface area contributed by atoms with Gasteiger partial charge in [0.2, 0.25) is 5.91 Å². The van der Waals surface area contributed by atoms with Crippen LogP contribution in [-0.4, -0.2) is 25.8 Å². The van der Waals surface area contributed by atoms with Crippen LogP contribution in [-0.2, 0) is 14.6 Å². The minimum absolute atomic E-state index is 0.0365. The lowest BCUT2D eigenvalue weighted by molar-refractivity contribution is -0.119. The number of anilines is 1. The highest BCUT2D eigenvalue weighted by molar-refractivity contribution is 7.91. The highest BCUT2D eigenvalue weighted by Gasteiger charge is 2.33. The molecule has 0 radical (unpaired) electrons. The van der Waals surface area contributed by atoms with Crippen LogP contribution in [0, 0.1) is 5.92 Å². The van der Waals surface area contributed by atoms with E-state index in [1.54, 1.807) is 42.5 Å². The third-order valence-corrected chi connectivity index (χ3v) is 6.10. The van der Waals surface area contributed by atoms with Gasteiger partial charge in [0.25, 0.3) is 0 Å². The molecule has 2 aromatic carbocycles. The van der Waals surface area contributed by atoms with Crippen LogP contribution in [0.25, 0.3) is 0 Å². The lowest BCUT2D eigenvalue weighted by atomic mass is 10.1. The molecule has 3 rings (SSSR count). The molecule has 25 heavy (non-hydrogen) atoms. The minimum Gasteiger partial charge on any atom is -0.455 e. The zero-order chi connectivity index (χ0) is 18.0. The summed E-state index contributed by atoms with van der Waals surface area (Å²) in [4.78, 5) is 12.4. The molecule has 1 N–H and O–H groups in total. The molecule has 132 valence electrons. The van der Waals surface area contributed by atoms with Crippen molar-refractivity contribution < 1.29 is 17.9 Å². The molecule has 1 aliphatic rings. The first-order valence-corrected chi connectivity index (χ1v) is 10.1. The fourth-order valence-corrected chi connectivity index (χ4v) is 4.59. The van der Waals surface area contributed by atoms with E-state index in [9.17, 15) is 13.2 Å². The summed E-state index contributed by atoms with van der Waals surface area (Å²) in [6.07, 6.45) is 0.322. The lowest BCUT2D eigenvalue weighted by Gasteiger charge is -2.14. The fourth-order valence-electron chi connectivity index (χ4n) is 2.56. The van der Waals surface area contributed by atoms with Crippen molar-refractivity contribution in [2.24, 2.45) is 5.92 Å². The van der Waals surface area contributed by atoms with Crippen LogP contribution in [0.2, 0.25) is 10.0 Å². The largest absolute Gasteiger partial charge is 0.455 e. The number of benzene rings is 2. The molecule has 5 nitrogen and oxygen atoms in total. The second-order valence-electron chi connectivity index (χ2n) is 5.79. The van der Waals surface area contributed by atoms with Gasteiger partial charge in [0.15, 0.2) is 15.6 Å². The first-order chi connectivity index (χ1) is 11.8.